The van der Waals surface area contributed by atoms with Crippen LogP contribution >= 0.6 is 12.2 Å². The summed E-state index contributed by atoms with van der Waals surface area (Å²) >= 11 is 4.96. The molecule has 29 heavy (non-hydrogen) atoms. The zero-order valence-electron chi connectivity index (χ0n) is 16.6. The number of rotatable bonds is 9. The lowest BCUT2D eigenvalue weighted by molar-refractivity contribution is -0.133. The summed E-state index contributed by atoms with van der Waals surface area (Å²) in [6.45, 7) is 3.07. The Hall–Kier alpha value is -2.24. The van der Waals surface area contributed by atoms with Crippen molar-refractivity contribution in [1.29, 1.82) is 0 Å². The highest BCUT2D eigenvalue weighted by molar-refractivity contribution is 7.80. The van der Waals surface area contributed by atoms with Gasteiger partial charge in [-0.2, -0.15) is 0 Å². The third-order valence-corrected chi connectivity index (χ3v) is 5.14. The van der Waals surface area contributed by atoms with Crippen molar-refractivity contribution in [3.05, 3.63) is 18.3 Å². The van der Waals surface area contributed by atoms with Crippen LogP contribution in [0, 0.1) is 0 Å². The molecule has 1 aliphatic rings. The van der Waals surface area contributed by atoms with E-state index < -0.39 is 7.12 Å². The largest absolute Gasteiger partial charge is 0.490 e. The molecule has 1 saturated heterocycles. The van der Waals surface area contributed by atoms with E-state index in [0.29, 0.717) is 56.1 Å². The van der Waals surface area contributed by atoms with Gasteiger partial charge in [-0.15, -0.1) is 0 Å². The van der Waals surface area contributed by atoms with Gasteiger partial charge in [0.15, 0.2) is 5.11 Å². The van der Waals surface area contributed by atoms with Crippen LogP contribution in [0.3, 0.4) is 0 Å². The van der Waals surface area contributed by atoms with E-state index in [0.717, 1.165) is 5.82 Å². The van der Waals surface area contributed by atoms with Gasteiger partial charge in [0.1, 0.15) is 11.6 Å². The maximum absolute atomic E-state index is 12.4. The monoisotopic (exact) mass is 421 g/mol. The summed E-state index contributed by atoms with van der Waals surface area (Å²) in [4.78, 5) is 32.4. The van der Waals surface area contributed by atoms with Crippen molar-refractivity contribution in [2.45, 2.75) is 25.7 Å². The number of anilines is 1. The van der Waals surface area contributed by atoms with Gasteiger partial charge in [-0.25, -0.2) is 4.98 Å². The van der Waals surface area contributed by atoms with Gasteiger partial charge in [-0.3, -0.25) is 9.59 Å². The van der Waals surface area contributed by atoms with E-state index in [-0.39, 0.29) is 24.5 Å². The molecular formula is C18H28BN5O4S. The van der Waals surface area contributed by atoms with Gasteiger partial charge in [0.2, 0.25) is 5.91 Å². The first-order valence-electron chi connectivity index (χ1n) is 9.72. The lowest BCUT2D eigenvalue weighted by atomic mass is 9.82. The Labute approximate surface area is 176 Å². The van der Waals surface area contributed by atoms with Crippen LogP contribution in [0.2, 0.25) is 0 Å². The fourth-order valence-electron chi connectivity index (χ4n) is 3.03. The normalized spacial score (nSPS) is 13.8. The summed E-state index contributed by atoms with van der Waals surface area (Å²) < 4.78 is 0. The molecule has 9 nitrogen and oxygen atoms in total. The molecule has 0 unspecified atom stereocenters. The first kappa shape index (κ1) is 23.0. The Balaban J connectivity index is 1.66. The topological polar surface area (TPSA) is 118 Å². The second kappa shape index (κ2) is 11.7. The number of carbonyl (C=O) groups is 2. The number of amides is 1. The first-order valence-corrected chi connectivity index (χ1v) is 10.1. The third-order valence-electron chi connectivity index (χ3n) is 4.79. The second-order valence-corrected chi connectivity index (χ2v) is 7.25. The number of nitrogens with zero attached hydrogens (tertiary/aromatic N) is 3. The lowest BCUT2D eigenvalue weighted by Gasteiger charge is -2.35. The maximum Gasteiger partial charge on any atom is 0.490 e. The van der Waals surface area contributed by atoms with E-state index >= 15 is 0 Å². The molecule has 2 rings (SSSR count). The lowest BCUT2D eigenvalue weighted by Crippen LogP contribution is -2.49. The Bertz CT molecular complexity index is 696. The molecule has 1 aromatic heterocycles. The van der Waals surface area contributed by atoms with Crippen LogP contribution in [-0.4, -0.2) is 83.6 Å². The molecule has 11 heteroatoms. The molecule has 158 valence electrons. The number of thiocarbonyl (C=S) groups is 1. The van der Waals surface area contributed by atoms with Crippen molar-refractivity contribution >= 4 is 47.4 Å². The van der Waals surface area contributed by atoms with Gasteiger partial charge < -0.3 is 30.5 Å². The van der Waals surface area contributed by atoms with Crippen LogP contribution in [-0.2, 0) is 9.59 Å². The third kappa shape index (κ3) is 7.60. The summed E-state index contributed by atoms with van der Waals surface area (Å²) in [5.74, 6) is 0.826. The molecule has 0 bridgehead atoms. The number of hydrogen-bond acceptors (Lipinski definition) is 7. The zero-order valence-corrected chi connectivity index (χ0v) is 17.5. The molecule has 0 atom stereocenters. The van der Waals surface area contributed by atoms with E-state index in [1.165, 1.54) is 6.20 Å². The van der Waals surface area contributed by atoms with E-state index in [1.54, 1.807) is 24.1 Å². The number of pyridine rings is 1. The molecule has 1 aromatic rings. The quantitative estimate of drug-likeness (QED) is 0.218. The van der Waals surface area contributed by atoms with Gasteiger partial charge in [0.25, 0.3) is 0 Å². The minimum atomic E-state index is -1.53. The average molecular weight is 421 g/mol. The minimum absolute atomic E-state index is 0.000745. The van der Waals surface area contributed by atoms with Gasteiger partial charge in [0.05, 0.1) is 0 Å². The molecule has 0 aromatic carbocycles. The Kier molecular flexibility index (Phi) is 9.29. The molecule has 2 heterocycles. The molecule has 1 fully saturated rings. The first-order chi connectivity index (χ1) is 13.9. The van der Waals surface area contributed by atoms with Crippen molar-refractivity contribution in [3.8, 4) is 0 Å². The molecule has 4 N–H and O–H groups in total. The van der Waals surface area contributed by atoms with E-state index in [1.807, 2.05) is 4.90 Å². The fraction of sp³-hybridized carbons (Fsp3) is 0.556. The van der Waals surface area contributed by atoms with Gasteiger partial charge in [-0.05, 0) is 24.7 Å². The SMILES string of the molecule is CNC(=S)NCCCC(=O)CCC(=O)N1CCN(c2ccc(B(O)O)cn2)CC1. The molecular weight excluding hydrogens is 393 g/mol. The van der Waals surface area contributed by atoms with Gasteiger partial charge >= 0.3 is 7.12 Å². The van der Waals surface area contributed by atoms with Crippen LogP contribution in [0.5, 0.6) is 0 Å². The molecule has 1 amide bonds. The average Bonchev–Trinajstić information content (AvgIpc) is 2.75. The highest BCUT2D eigenvalue weighted by Gasteiger charge is 2.22. The van der Waals surface area contributed by atoms with Crippen molar-refractivity contribution in [2.24, 2.45) is 0 Å². The summed E-state index contributed by atoms with van der Waals surface area (Å²) in [5.41, 5.74) is 0.341. The molecule has 0 aliphatic carbocycles. The predicted molar refractivity (Wildman–Crippen MR) is 116 cm³/mol. The van der Waals surface area contributed by atoms with Crippen LogP contribution < -0.4 is 21.0 Å². The van der Waals surface area contributed by atoms with Crippen LogP contribution in [0.15, 0.2) is 18.3 Å². The van der Waals surface area contributed by atoms with Crippen molar-refractivity contribution in [3.63, 3.8) is 0 Å². The van der Waals surface area contributed by atoms with Crippen LogP contribution in [0.25, 0.3) is 0 Å². The smallest absolute Gasteiger partial charge is 0.423 e. The number of aromatic nitrogens is 1. The summed E-state index contributed by atoms with van der Waals surface area (Å²) in [6, 6.07) is 3.36. The highest BCUT2D eigenvalue weighted by Crippen LogP contribution is 2.13. The summed E-state index contributed by atoms with van der Waals surface area (Å²) in [6.07, 6.45) is 3.06. The zero-order chi connectivity index (χ0) is 21.2. The Morgan fingerprint density at radius 3 is 2.48 bits per heavy atom. The Morgan fingerprint density at radius 1 is 1.17 bits per heavy atom. The summed E-state index contributed by atoms with van der Waals surface area (Å²) in [5, 5.41) is 24.6. The van der Waals surface area contributed by atoms with Gasteiger partial charge in [0, 0.05) is 70.7 Å². The number of piperazine rings is 1. The fourth-order valence-corrected chi connectivity index (χ4v) is 3.13. The van der Waals surface area contributed by atoms with Gasteiger partial charge in [-0.1, -0.05) is 6.07 Å². The molecule has 0 radical (unpaired) electrons. The van der Waals surface area contributed by atoms with E-state index in [9.17, 15) is 9.59 Å². The molecule has 1 aliphatic heterocycles. The van der Waals surface area contributed by atoms with E-state index in [2.05, 4.69) is 15.6 Å². The van der Waals surface area contributed by atoms with Crippen molar-refractivity contribution in [1.82, 2.24) is 20.5 Å². The number of carbonyl (C=O) groups excluding carboxylic acids is 2. The number of ketones is 1. The van der Waals surface area contributed by atoms with Crippen LogP contribution in [0.1, 0.15) is 25.7 Å². The van der Waals surface area contributed by atoms with Crippen LogP contribution in [0.4, 0.5) is 5.82 Å². The summed E-state index contributed by atoms with van der Waals surface area (Å²) in [7, 11) is 0.205. The van der Waals surface area contributed by atoms with Crippen molar-refractivity contribution in [2.75, 3.05) is 44.7 Å². The maximum atomic E-state index is 12.4. The highest BCUT2D eigenvalue weighted by atomic mass is 32.1. The number of hydrogen-bond donors (Lipinski definition) is 4. The van der Waals surface area contributed by atoms with E-state index in [4.69, 9.17) is 22.3 Å². The Morgan fingerprint density at radius 2 is 1.90 bits per heavy atom. The number of nitrogens with one attached hydrogen (secondary N) is 2. The minimum Gasteiger partial charge on any atom is -0.423 e. The van der Waals surface area contributed by atoms with Crippen molar-refractivity contribution < 1.29 is 19.6 Å². The molecule has 0 saturated carbocycles. The predicted octanol–water partition coefficient (Wildman–Crippen LogP) is -1.37. The standard InChI is InChI=1S/C18H28BN5O4S/c1-20-18(29)21-8-2-3-15(25)5-7-17(26)24-11-9-23(10-12-24)16-6-4-14(13-22-16)19(27)28/h4,6,13,27-28H,2-3,5,7-12H2,1H3,(H2,20,21,29). The molecule has 0 spiro atoms. The second-order valence-electron chi connectivity index (χ2n) is 6.84. The number of Topliss-reactive ketones (excluding diaryl/α,β-unsaturated/α-hetero) is 1.